The minimum atomic E-state index is -0.624. The van der Waals surface area contributed by atoms with Crippen LogP contribution in [0.4, 0.5) is 0 Å². The lowest BCUT2D eigenvalue weighted by Gasteiger charge is -2.33. The SMILES string of the molecule is Cc1onc(-c2ccccc2Cl)c1C(=O)N1CCCC(Oc2ccnc(C(N)=O)c2)C1. The molecule has 1 aliphatic heterocycles. The van der Waals surface area contributed by atoms with Gasteiger partial charge in [-0.2, -0.15) is 0 Å². The molecule has 1 aliphatic rings. The summed E-state index contributed by atoms with van der Waals surface area (Å²) in [5.41, 5.74) is 6.88. The van der Waals surface area contributed by atoms with E-state index >= 15 is 0 Å². The quantitative estimate of drug-likeness (QED) is 0.650. The van der Waals surface area contributed by atoms with Crippen LogP contribution in [-0.4, -0.2) is 46.0 Å². The van der Waals surface area contributed by atoms with E-state index in [0.29, 0.717) is 46.4 Å². The van der Waals surface area contributed by atoms with E-state index in [4.69, 9.17) is 26.6 Å². The summed E-state index contributed by atoms with van der Waals surface area (Å²) in [6, 6.07) is 10.4. The van der Waals surface area contributed by atoms with Crippen molar-refractivity contribution in [2.24, 2.45) is 5.73 Å². The normalized spacial score (nSPS) is 16.2. The van der Waals surface area contributed by atoms with Crippen molar-refractivity contribution >= 4 is 23.4 Å². The summed E-state index contributed by atoms with van der Waals surface area (Å²) in [6.07, 6.45) is 2.79. The van der Waals surface area contributed by atoms with Gasteiger partial charge in [-0.15, -0.1) is 0 Å². The van der Waals surface area contributed by atoms with Crippen molar-refractivity contribution in [3.05, 3.63) is 64.6 Å². The number of aromatic nitrogens is 2. The van der Waals surface area contributed by atoms with Crippen LogP contribution in [0.1, 0.15) is 39.4 Å². The number of rotatable bonds is 5. The molecule has 1 saturated heterocycles. The number of halogens is 1. The number of aryl methyl sites for hydroxylation is 1. The highest BCUT2D eigenvalue weighted by Gasteiger charge is 2.31. The van der Waals surface area contributed by atoms with Gasteiger partial charge < -0.3 is 19.9 Å². The number of hydrogen-bond acceptors (Lipinski definition) is 6. The summed E-state index contributed by atoms with van der Waals surface area (Å²) < 4.78 is 11.3. The van der Waals surface area contributed by atoms with Gasteiger partial charge >= 0.3 is 0 Å². The lowest BCUT2D eigenvalue weighted by atomic mass is 10.0. The molecule has 9 heteroatoms. The number of nitrogens with two attached hydrogens (primary N) is 1. The van der Waals surface area contributed by atoms with Crippen LogP contribution in [-0.2, 0) is 0 Å². The van der Waals surface area contributed by atoms with Crippen LogP contribution in [0, 0.1) is 6.92 Å². The van der Waals surface area contributed by atoms with E-state index in [-0.39, 0.29) is 17.7 Å². The Labute approximate surface area is 183 Å². The maximum absolute atomic E-state index is 13.4. The molecule has 1 unspecified atom stereocenters. The lowest BCUT2D eigenvalue weighted by Crippen LogP contribution is -2.44. The third-order valence-electron chi connectivity index (χ3n) is 5.16. The van der Waals surface area contributed by atoms with E-state index < -0.39 is 5.91 Å². The third-order valence-corrected chi connectivity index (χ3v) is 5.49. The number of pyridine rings is 1. The highest BCUT2D eigenvalue weighted by atomic mass is 35.5. The van der Waals surface area contributed by atoms with Crippen LogP contribution in [0.2, 0.25) is 5.02 Å². The molecule has 0 saturated carbocycles. The smallest absolute Gasteiger partial charge is 0.267 e. The monoisotopic (exact) mass is 440 g/mol. The van der Waals surface area contributed by atoms with Gasteiger partial charge in [0.05, 0.1) is 11.6 Å². The van der Waals surface area contributed by atoms with Gasteiger partial charge in [-0.1, -0.05) is 35.0 Å². The zero-order chi connectivity index (χ0) is 22.0. The van der Waals surface area contributed by atoms with Gasteiger partial charge in [0, 0.05) is 24.4 Å². The Morgan fingerprint density at radius 2 is 2.10 bits per heavy atom. The molecule has 1 aromatic carbocycles. The first-order chi connectivity index (χ1) is 14.9. The van der Waals surface area contributed by atoms with Crippen LogP contribution in [0.5, 0.6) is 5.75 Å². The molecule has 8 nitrogen and oxygen atoms in total. The van der Waals surface area contributed by atoms with E-state index in [0.717, 1.165) is 12.8 Å². The minimum Gasteiger partial charge on any atom is -0.488 e. The number of carbonyl (C=O) groups excluding carboxylic acids is 2. The van der Waals surface area contributed by atoms with Gasteiger partial charge in [0.25, 0.3) is 11.8 Å². The van der Waals surface area contributed by atoms with Gasteiger partial charge in [0.1, 0.15) is 34.6 Å². The first kappa shape index (κ1) is 20.9. The standard InChI is InChI=1S/C22H21ClN4O4/c1-13-19(20(26-31-13)16-6-2-3-7-17(16)23)22(29)27-10-4-5-15(12-27)30-14-8-9-25-18(11-14)21(24)28/h2-3,6-9,11,15H,4-5,10,12H2,1H3,(H2,24,28). The number of hydrogen-bond donors (Lipinski definition) is 1. The van der Waals surface area contributed by atoms with Gasteiger partial charge in [-0.3, -0.25) is 14.6 Å². The van der Waals surface area contributed by atoms with Crippen molar-refractivity contribution in [2.45, 2.75) is 25.9 Å². The molecule has 0 radical (unpaired) electrons. The molecular formula is C22H21ClN4O4. The Bertz CT molecular complexity index is 1130. The van der Waals surface area contributed by atoms with E-state index in [1.807, 2.05) is 12.1 Å². The molecule has 0 spiro atoms. The van der Waals surface area contributed by atoms with E-state index in [9.17, 15) is 9.59 Å². The van der Waals surface area contributed by atoms with E-state index in [1.54, 1.807) is 30.0 Å². The molecule has 2 aromatic heterocycles. The fraction of sp³-hybridized carbons (Fsp3) is 0.273. The maximum atomic E-state index is 13.4. The second-order valence-electron chi connectivity index (χ2n) is 7.32. The molecule has 3 heterocycles. The van der Waals surface area contributed by atoms with Crippen molar-refractivity contribution < 1.29 is 18.8 Å². The zero-order valence-electron chi connectivity index (χ0n) is 16.9. The topological polar surface area (TPSA) is 112 Å². The van der Waals surface area contributed by atoms with Crippen LogP contribution >= 0.6 is 11.6 Å². The highest BCUT2D eigenvalue weighted by Crippen LogP contribution is 2.32. The number of ether oxygens (including phenoxy) is 1. The summed E-state index contributed by atoms with van der Waals surface area (Å²) in [5.74, 6) is 0.111. The summed E-state index contributed by atoms with van der Waals surface area (Å²) in [6.45, 7) is 2.69. The van der Waals surface area contributed by atoms with Crippen molar-refractivity contribution in [1.29, 1.82) is 0 Å². The first-order valence-electron chi connectivity index (χ1n) is 9.87. The number of benzene rings is 1. The fourth-order valence-corrected chi connectivity index (χ4v) is 3.87. The fourth-order valence-electron chi connectivity index (χ4n) is 3.65. The molecular weight excluding hydrogens is 420 g/mol. The predicted molar refractivity (Wildman–Crippen MR) is 114 cm³/mol. The van der Waals surface area contributed by atoms with E-state index in [1.165, 1.54) is 12.3 Å². The van der Waals surface area contributed by atoms with Crippen molar-refractivity contribution in [1.82, 2.24) is 15.0 Å². The van der Waals surface area contributed by atoms with Crippen LogP contribution < -0.4 is 10.5 Å². The van der Waals surface area contributed by atoms with Crippen LogP contribution in [0.15, 0.2) is 47.1 Å². The molecule has 1 atom stereocenters. The number of primary amides is 1. The van der Waals surface area contributed by atoms with Gasteiger partial charge in [0.15, 0.2) is 0 Å². The molecule has 0 bridgehead atoms. The molecule has 160 valence electrons. The molecule has 2 N–H and O–H groups in total. The lowest BCUT2D eigenvalue weighted by molar-refractivity contribution is 0.0536. The van der Waals surface area contributed by atoms with Crippen molar-refractivity contribution in [3.8, 4) is 17.0 Å². The number of amides is 2. The highest BCUT2D eigenvalue weighted by molar-refractivity contribution is 6.33. The molecule has 0 aliphatic carbocycles. The van der Waals surface area contributed by atoms with Crippen LogP contribution in [0.3, 0.4) is 0 Å². The Morgan fingerprint density at radius 3 is 2.87 bits per heavy atom. The Hall–Kier alpha value is -3.39. The number of piperidine rings is 1. The van der Waals surface area contributed by atoms with Crippen LogP contribution in [0.25, 0.3) is 11.3 Å². The maximum Gasteiger partial charge on any atom is 0.267 e. The van der Waals surface area contributed by atoms with Crippen molar-refractivity contribution in [2.75, 3.05) is 13.1 Å². The molecule has 31 heavy (non-hydrogen) atoms. The summed E-state index contributed by atoms with van der Waals surface area (Å²) >= 11 is 6.31. The minimum absolute atomic E-state index is 0.130. The zero-order valence-corrected chi connectivity index (χ0v) is 17.6. The molecule has 2 amide bonds. The summed E-state index contributed by atoms with van der Waals surface area (Å²) in [5, 5.41) is 4.58. The number of carbonyl (C=O) groups is 2. The second kappa shape index (κ2) is 8.77. The average Bonchev–Trinajstić information content (AvgIpc) is 3.15. The summed E-state index contributed by atoms with van der Waals surface area (Å²) in [7, 11) is 0. The molecule has 4 rings (SSSR count). The largest absolute Gasteiger partial charge is 0.488 e. The Morgan fingerprint density at radius 1 is 1.29 bits per heavy atom. The number of nitrogens with zero attached hydrogens (tertiary/aromatic N) is 3. The van der Waals surface area contributed by atoms with Crippen molar-refractivity contribution in [3.63, 3.8) is 0 Å². The van der Waals surface area contributed by atoms with Gasteiger partial charge in [-0.05, 0) is 31.9 Å². The van der Waals surface area contributed by atoms with E-state index in [2.05, 4.69) is 10.1 Å². The third kappa shape index (κ3) is 4.39. The Kier molecular flexibility index (Phi) is 5.90. The van der Waals surface area contributed by atoms with Gasteiger partial charge in [0.2, 0.25) is 0 Å². The first-order valence-corrected chi connectivity index (χ1v) is 10.2. The number of likely N-dealkylation sites (tertiary alicyclic amines) is 1. The second-order valence-corrected chi connectivity index (χ2v) is 7.72. The average molecular weight is 441 g/mol. The Balaban J connectivity index is 1.54. The molecule has 3 aromatic rings. The molecule has 1 fully saturated rings. The summed E-state index contributed by atoms with van der Waals surface area (Å²) in [4.78, 5) is 30.4. The van der Waals surface area contributed by atoms with Gasteiger partial charge in [-0.25, -0.2) is 0 Å². The predicted octanol–water partition coefficient (Wildman–Crippen LogP) is 3.48.